The van der Waals surface area contributed by atoms with E-state index in [-0.39, 0.29) is 27.9 Å². The van der Waals surface area contributed by atoms with Crippen molar-refractivity contribution in [3.8, 4) is 0 Å². The predicted octanol–water partition coefficient (Wildman–Crippen LogP) is 3.68. The Labute approximate surface area is 202 Å². The fraction of sp³-hybridized carbons (Fsp3) is 0.462. The predicted molar refractivity (Wildman–Crippen MR) is 134 cm³/mol. The molecule has 7 nitrogen and oxygen atoms in total. The molecule has 2 aromatic carbocycles. The van der Waals surface area contributed by atoms with Gasteiger partial charge in [-0.15, -0.1) is 0 Å². The van der Waals surface area contributed by atoms with E-state index in [1.807, 2.05) is 39.8 Å². The molecule has 8 heteroatoms. The molecule has 1 amide bonds. The summed E-state index contributed by atoms with van der Waals surface area (Å²) in [6.45, 7) is 11.9. The fourth-order valence-corrected chi connectivity index (χ4v) is 6.22. The van der Waals surface area contributed by atoms with E-state index in [9.17, 15) is 18.0 Å². The summed E-state index contributed by atoms with van der Waals surface area (Å²) in [4.78, 5) is 28.4. The van der Waals surface area contributed by atoms with Gasteiger partial charge < -0.3 is 9.80 Å². The Hall–Kier alpha value is -2.71. The lowest BCUT2D eigenvalue weighted by Crippen LogP contribution is -2.48. The van der Waals surface area contributed by atoms with E-state index < -0.39 is 10.0 Å². The maximum absolute atomic E-state index is 13.5. The molecule has 34 heavy (non-hydrogen) atoms. The lowest BCUT2D eigenvalue weighted by atomic mass is 9.87. The highest BCUT2D eigenvalue weighted by Gasteiger charge is 2.40. The van der Waals surface area contributed by atoms with Crippen LogP contribution in [0.1, 0.15) is 50.5 Å². The number of sulfonamides is 1. The number of ketones is 1. The van der Waals surface area contributed by atoms with E-state index in [0.29, 0.717) is 38.3 Å². The van der Waals surface area contributed by atoms with E-state index in [4.69, 9.17) is 0 Å². The number of benzene rings is 2. The Morgan fingerprint density at radius 3 is 2.12 bits per heavy atom. The molecule has 1 fully saturated rings. The van der Waals surface area contributed by atoms with Crippen molar-refractivity contribution >= 4 is 33.1 Å². The molecule has 0 radical (unpaired) electrons. The summed E-state index contributed by atoms with van der Waals surface area (Å²) < 4.78 is 28.5. The maximum Gasteiger partial charge on any atom is 0.243 e. The number of hydrogen-bond acceptors (Lipinski definition) is 5. The number of piperazine rings is 1. The summed E-state index contributed by atoms with van der Waals surface area (Å²) in [6.07, 6.45) is 0. The fourth-order valence-electron chi connectivity index (χ4n) is 4.77. The van der Waals surface area contributed by atoms with Crippen molar-refractivity contribution in [2.24, 2.45) is 5.92 Å². The molecular formula is C26H33N3O4S. The second-order valence-electron chi connectivity index (χ2n) is 10.1. The highest BCUT2D eigenvalue weighted by atomic mass is 32.2. The van der Waals surface area contributed by atoms with Crippen LogP contribution in [-0.4, -0.2) is 57.1 Å². The number of carbonyl (C=O) groups is 2. The summed E-state index contributed by atoms with van der Waals surface area (Å²) in [5.74, 6) is -0.0494. The Bertz CT molecular complexity index is 1210. The van der Waals surface area contributed by atoms with Gasteiger partial charge in [-0.3, -0.25) is 9.59 Å². The molecule has 0 saturated carbocycles. The average Bonchev–Trinajstić information content (AvgIpc) is 3.08. The van der Waals surface area contributed by atoms with Crippen molar-refractivity contribution in [2.75, 3.05) is 42.5 Å². The number of rotatable bonds is 5. The van der Waals surface area contributed by atoms with Crippen molar-refractivity contribution in [1.29, 1.82) is 0 Å². The molecule has 182 valence electrons. The normalized spacial score (nSPS) is 18.3. The topological polar surface area (TPSA) is 78.0 Å². The van der Waals surface area contributed by atoms with Crippen LogP contribution in [0.2, 0.25) is 0 Å². The second-order valence-corrected chi connectivity index (χ2v) is 12.1. The monoisotopic (exact) mass is 483 g/mol. The van der Waals surface area contributed by atoms with Gasteiger partial charge in [-0.25, -0.2) is 8.42 Å². The van der Waals surface area contributed by atoms with Crippen LogP contribution in [0.25, 0.3) is 0 Å². The SMILES string of the molecule is CC(=O)c1ccc(N2CCN(S(=O)(=O)c3ccc4c(c3)C(C)(C)CN4C(=O)C(C)C)CC2)cc1. The standard InChI is InChI=1S/C26H33N3O4S/c1-18(2)25(31)29-17-26(4,5)23-16-22(10-11-24(23)29)34(32,33)28-14-12-27(13-15-28)21-8-6-20(7-9-21)19(3)30/h6-11,16,18H,12-15,17H2,1-5H3. The van der Waals surface area contributed by atoms with Gasteiger partial charge in [0.15, 0.2) is 5.78 Å². The minimum absolute atomic E-state index is 0.0247. The molecule has 0 spiro atoms. The Kier molecular flexibility index (Phi) is 6.33. The van der Waals surface area contributed by atoms with Crippen LogP contribution in [0.3, 0.4) is 0 Å². The van der Waals surface area contributed by atoms with E-state index >= 15 is 0 Å². The van der Waals surface area contributed by atoms with Crippen LogP contribution in [-0.2, 0) is 20.2 Å². The first-order valence-corrected chi connectivity index (χ1v) is 13.2. The van der Waals surface area contributed by atoms with Gasteiger partial charge in [0, 0.05) is 61.0 Å². The summed E-state index contributed by atoms with van der Waals surface area (Å²) >= 11 is 0. The summed E-state index contributed by atoms with van der Waals surface area (Å²) in [7, 11) is -3.65. The molecule has 2 aliphatic rings. The quantitative estimate of drug-likeness (QED) is 0.607. The van der Waals surface area contributed by atoms with Crippen LogP contribution in [0.15, 0.2) is 47.4 Å². The van der Waals surface area contributed by atoms with Gasteiger partial charge in [0.2, 0.25) is 15.9 Å². The number of nitrogens with zero attached hydrogens (tertiary/aromatic N) is 3. The summed E-state index contributed by atoms with van der Waals surface area (Å²) in [6, 6.07) is 12.6. The first-order valence-electron chi connectivity index (χ1n) is 11.7. The molecule has 0 aromatic heterocycles. The van der Waals surface area contributed by atoms with E-state index in [1.165, 1.54) is 4.31 Å². The van der Waals surface area contributed by atoms with Crippen molar-refractivity contribution < 1.29 is 18.0 Å². The van der Waals surface area contributed by atoms with Gasteiger partial charge in [-0.2, -0.15) is 4.31 Å². The summed E-state index contributed by atoms with van der Waals surface area (Å²) in [5, 5.41) is 0. The van der Waals surface area contributed by atoms with Gasteiger partial charge in [-0.05, 0) is 55.0 Å². The van der Waals surface area contributed by atoms with Crippen molar-refractivity contribution in [3.05, 3.63) is 53.6 Å². The maximum atomic E-state index is 13.5. The van der Waals surface area contributed by atoms with E-state index in [2.05, 4.69) is 4.90 Å². The second kappa shape index (κ2) is 8.82. The molecular weight excluding hydrogens is 450 g/mol. The Balaban J connectivity index is 1.52. The molecule has 0 unspecified atom stereocenters. The number of amides is 1. The van der Waals surface area contributed by atoms with Crippen molar-refractivity contribution in [1.82, 2.24) is 4.31 Å². The van der Waals surface area contributed by atoms with Gasteiger partial charge in [0.05, 0.1) is 4.90 Å². The van der Waals surface area contributed by atoms with Crippen molar-refractivity contribution in [2.45, 2.75) is 44.9 Å². The number of hydrogen-bond donors (Lipinski definition) is 0. The highest BCUT2D eigenvalue weighted by Crippen LogP contribution is 2.42. The molecule has 0 atom stereocenters. The third kappa shape index (κ3) is 4.36. The number of anilines is 2. The minimum atomic E-state index is -3.65. The van der Waals surface area contributed by atoms with Gasteiger partial charge in [0.25, 0.3) is 0 Å². The molecule has 0 bridgehead atoms. The lowest BCUT2D eigenvalue weighted by molar-refractivity contribution is -0.121. The van der Waals surface area contributed by atoms with E-state index in [0.717, 1.165) is 16.9 Å². The van der Waals surface area contributed by atoms with E-state index in [1.54, 1.807) is 42.2 Å². The lowest BCUT2D eigenvalue weighted by Gasteiger charge is -2.35. The zero-order valence-corrected chi connectivity index (χ0v) is 21.4. The third-order valence-corrected chi connectivity index (χ3v) is 8.71. The van der Waals surface area contributed by atoms with Crippen LogP contribution >= 0.6 is 0 Å². The molecule has 0 aliphatic carbocycles. The summed E-state index contributed by atoms with van der Waals surface area (Å²) in [5.41, 5.74) is 3.03. The number of Topliss-reactive ketones (excluding diaryl/α,β-unsaturated/α-hetero) is 1. The number of fused-ring (bicyclic) bond motifs is 1. The zero-order valence-electron chi connectivity index (χ0n) is 20.5. The van der Waals surface area contributed by atoms with Crippen LogP contribution in [0, 0.1) is 5.92 Å². The zero-order chi connectivity index (χ0) is 24.8. The van der Waals surface area contributed by atoms with Gasteiger partial charge in [-0.1, -0.05) is 27.7 Å². The van der Waals surface area contributed by atoms with Crippen LogP contribution in [0.5, 0.6) is 0 Å². The molecule has 0 N–H and O–H groups in total. The minimum Gasteiger partial charge on any atom is -0.369 e. The first kappa shape index (κ1) is 24.4. The molecule has 2 aliphatic heterocycles. The smallest absolute Gasteiger partial charge is 0.243 e. The van der Waals surface area contributed by atoms with Crippen LogP contribution < -0.4 is 9.80 Å². The van der Waals surface area contributed by atoms with Crippen LogP contribution in [0.4, 0.5) is 11.4 Å². The first-order chi connectivity index (χ1) is 15.9. The largest absolute Gasteiger partial charge is 0.369 e. The number of carbonyl (C=O) groups excluding carboxylic acids is 2. The Morgan fingerprint density at radius 1 is 0.941 bits per heavy atom. The third-order valence-electron chi connectivity index (χ3n) is 6.82. The molecule has 2 aromatic rings. The Morgan fingerprint density at radius 2 is 1.56 bits per heavy atom. The molecule has 2 heterocycles. The molecule has 1 saturated heterocycles. The molecule has 4 rings (SSSR count). The average molecular weight is 484 g/mol. The van der Waals surface area contributed by atoms with Crippen molar-refractivity contribution in [3.63, 3.8) is 0 Å². The van der Waals surface area contributed by atoms with Gasteiger partial charge in [0.1, 0.15) is 0 Å². The highest BCUT2D eigenvalue weighted by molar-refractivity contribution is 7.89. The van der Waals surface area contributed by atoms with Gasteiger partial charge >= 0.3 is 0 Å².